The van der Waals surface area contributed by atoms with Crippen molar-refractivity contribution in [2.24, 2.45) is 11.8 Å². The third-order valence-corrected chi connectivity index (χ3v) is 44.9. The quantitative estimate of drug-likeness (QED) is 0.101. The number of para-hydroxylation sites is 2. The Hall–Kier alpha value is -2.94. The molecule has 2 fully saturated rings. The van der Waals surface area contributed by atoms with Gasteiger partial charge in [-0.15, -0.1) is 0 Å². The second-order valence-electron chi connectivity index (χ2n) is 15.6. The summed E-state index contributed by atoms with van der Waals surface area (Å²) >= 11 is -4.89. The number of rotatable bonds is 9. The number of allylic oxidation sites excluding steroid dienone is 2. The molecule has 4 aliphatic rings. The van der Waals surface area contributed by atoms with Crippen molar-refractivity contribution in [3.63, 3.8) is 0 Å². The fourth-order valence-corrected chi connectivity index (χ4v) is 44.2. The van der Waals surface area contributed by atoms with Crippen LogP contribution in [0.3, 0.4) is 0 Å². The van der Waals surface area contributed by atoms with E-state index in [1.165, 1.54) is 105 Å². The molecule has 0 saturated heterocycles. The van der Waals surface area contributed by atoms with E-state index in [1.807, 2.05) is 0 Å². The number of hydrogen-bond acceptors (Lipinski definition) is 0. The van der Waals surface area contributed by atoms with Gasteiger partial charge in [0.1, 0.15) is 0 Å². The topological polar surface area (TPSA) is 4.93 Å². The first kappa shape index (κ1) is 32.7. The van der Waals surface area contributed by atoms with Crippen molar-refractivity contribution in [2.75, 3.05) is 0 Å². The van der Waals surface area contributed by atoms with E-state index in [0.717, 1.165) is 0 Å². The number of nitrogens with zero attached hydrogens (tertiary/aromatic N) is 1. The molecule has 0 aliphatic heterocycles. The molecule has 0 N–H and O–H groups in total. The molecule has 4 aliphatic carbocycles. The van der Waals surface area contributed by atoms with E-state index >= 15 is 0 Å². The number of unbranched alkanes of at least 4 members (excludes halogenated alkanes) is 1. The summed E-state index contributed by atoms with van der Waals surface area (Å²) in [5.74, 6) is 1.18. The number of halogens is 2. The Balaban J connectivity index is 1.23. The van der Waals surface area contributed by atoms with Crippen LogP contribution in [-0.4, -0.2) is 10.7 Å². The summed E-state index contributed by atoms with van der Waals surface area (Å²) in [4.78, 5) is 0. The summed E-state index contributed by atoms with van der Waals surface area (Å²) in [7, 11) is 17.8. The Morgan fingerprint density at radius 1 is 0.627 bits per heavy atom. The molecule has 2 saturated carbocycles. The van der Waals surface area contributed by atoms with Crippen molar-refractivity contribution in [3.8, 4) is 16.8 Å². The number of aromatic nitrogens is 1. The maximum atomic E-state index is 8.92. The van der Waals surface area contributed by atoms with Gasteiger partial charge in [0.15, 0.2) is 0 Å². The second kappa shape index (κ2) is 12.3. The summed E-state index contributed by atoms with van der Waals surface area (Å²) < 4.78 is 2.80. The summed E-state index contributed by atoms with van der Waals surface area (Å²) in [5.41, 5.74) is 15.0. The van der Waals surface area contributed by atoms with Gasteiger partial charge in [0.2, 0.25) is 0 Å². The Kier molecular flexibility index (Phi) is 7.89. The predicted octanol–water partition coefficient (Wildman–Crippen LogP) is 13.4. The van der Waals surface area contributed by atoms with Gasteiger partial charge in [-0.3, -0.25) is 0 Å². The molecule has 0 radical (unpaired) electrons. The van der Waals surface area contributed by atoms with Gasteiger partial charge in [-0.05, 0) is 0 Å². The number of hydrogen-bond donors (Lipinski definition) is 0. The zero-order valence-corrected chi connectivity index (χ0v) is 34.3. The molecule has 5 heteroatoms. The molecule has 1 aromatic heterocycles. The van der Waals surface area contributed by atoms with E-state index in [1.54, 1.807) is 11.1 Å². The average Bonchev–Trinajstić information content (AvgIpc) is 4.08. The van der Waals surface area contributed by atoms with Gasteiger partial charge < -0.3 is 0 Å². The molecular formula is C46H43Cl2NSiZr. The van der Waals surface area contributed by atoms with E-state index in [9.17, 15) is 0 Å². The number of benzene rings is 5. The van der Waals surface area contributed by atoms with E-state index in [0.29, 0.717) is 11.8 Å². The van der Waals surface area contributed by atoms with Crippen LogP contribution < -0.4 is 0 Å². The van der Waals surface area contributed by atoms with Crippen LogP contribution in [0.15, 0.2) is 126 Å². The van der Waals surface area contributed by atoms with Crippen molar-refractivity contribution in [2.45, 2.75) is 58.7 Å². The van der Waals surface area contributed by atoms with E-state index in [-0.39, 0.29) is 13.4 Å². The van der Waals surface area contributed by atoms with Gasteiger partial charge >= 0.3 is 313 Å². The van der Waals surface area contributed by atoms with Gasteiger partial charge in [0, 0.05) is 0 Å². The van der Waals surface area contributed by atoms with Crippen molar-refractivity contribution < 1.29 is 15.0 Å². The van der Waals surface area contributed by atoms with Crippen LogP contribution in [0.2, 0.25) is 6.04 Å². The van der Waals surface area contributed by atoms with Crippen molar-refractivity contribution in [1.82, 2.24) is 4.57 Å². The molecule has 2 unspecified atom stereocenters. The molecule has 6 aromatic rings. The SMILES string of the molecule is CCCC[SiH]=[Zr]([Cl])([Cl])([CH]1C(C2CC2)=Cc2c(-c3ccccc3)cccc21)[CH]1C(C2CC2)=Cc2c1cccc2-n1c2ccccc2c2ccccc21. The summed E-state index contributed by atoms with van der Waals surface area (Å²) in [5, 5.41) is 2.60. The molecule has 0 bridgehead atoms. The van der Waals surface area contributed by atoms with Crippen molar-refractivity contribution in [3.05, 3.63) is 149 Å². The molecule has 0 spiro atoms. The van der Waals surface area contributed by atoms with Gasteiger partial charge in [-0.25, -0.2) is 0 Å². The van der Waals surface area contributed by atoms with Gasteiger partial charge in [-0.1, -0.05) is 0 Å². The molecule has 10 rings (SSSR count). The molecule has 5 aromatic carbocycles. The summed E-state index contributed by atoms with van der Waals surface area (Å²) in [6.45, 7) is 2.32. The molecular weight excluding hydrogens is 757 g/mol. The number of fused-ring (bicyclic) bond motifs is 5. The van der Waals surface area contributed by atoms with Crippen LogP contribution in [0.4, 0.5) is 0 Å². The Labute approximate surface area is 310 Å². The van der Waals surface area contributed by atoms with Gasteiger partial charge in [-0.2, -0.15) is 0 Å². The molecule has 254 valence electrons. The Bertz CT molecular complexity index is 2460. The monoisotopic (exact) mass is 797 g/mol. The third kappa shape index (κ3) is 5.16. The van der Waals surface area contributed by atoms with E-state index in [4.69, 9.17) is 17.0 Å². The van der Waals surface area contributed by atoms with Crippen LogP contribution in [-0.2, 0) is 15.0 Å². The van der Waals surface area contributed by atoms with E-state index < -0.39 is 15.0 Å². The van der Waals surface area contributed by atoms with Crippen LogP contribution in [0.1, 0.15) is 75.0 Å². The van der Waals surface area contributed by atoms with Gasteiger partial charge in [0.05, 0.1) is 0 Å². The van der Waals surface area contributed by atoms with E-state index in [2.05, 4.69) is 139 Å². The van der Waals surface area contributed by atoms with Crippen molar-refractivity contribution >= 4 is 57.1 Å². The molecule has 1 heterocycles. The fourth-order valence-electron chi connectivity index (χ4n) is 9.84. The predicted molar refractivity (Wildman–Crippen MR) is 218 cm³/mol. The van der Waals surface area contributed by atoms with Gasteiger partial charge in [0.25, 0.3) is 0 Å². The Morgan fingerprint density at radius 3 is 1.78 bits per heavy atom. The third-order valence-electron chi connectivity index (χ3n) is 12.4. The normalized spacial score (nSPS) is 20.0. The second-order valence-corrected chi connectivity index (χ2v) is 51.3. The zero-order valence-electron chi connectivity index (χ0n) is 29.2. The van der Waals surface area contributed by atoms with Crippen LogP contribution >= 0.6 is 17.0 Å². The van der Waals surface area contributed by atoms with Crippen molar-refractivity contribution in [1.29, 1.82) is 0 Å². The summed E-state index contributed by atoms with van der Waals surface area (Å²) in [6, 6.07) is 43.9. The summed E-state index contributed by atoms with van der Waals surface area (Å²) in [6.07, 6.45) is 12.4. The molecule has 1 nitrogen and oxygen atoms in total. The fraction of sp³-hybridized carbons (Fsp3) is 0.261. The van der Waals surface area contributed by atoms with Crippen LogP contribution in [0.5, 0.6) is 0 Å². The minimum absolute atomic E-state index is 0.124. The minimum atomic E-state index is -4.89. The molecule has 0 amide bonds. The Morgan fingerprint density at radius 2 is 1.18 bits per heavy atom. The standard InChI is InChI=1S/C24H18N.C18H15.C4H10Si.2ClH.Zr/c1-3-9-22-19(7-1)20-8-2-4-10-23(20)25(22)24-11-5-6-17-14-18(15-21(17)24)16-12-13-16;1-2-5-14(6-3-1)17-8-4-7-15-11-16(12-18(15)17)13-9-10-13;1-2-3-4-5;;;/h1-11,14-16H,12-13H2;1-8,11-13H,9-10H2;5H,2-4H2,1H3;2*1H;/q;;;;;+2/p-2. The average molecular weight is 800 g/mol. The maximum absolute atomic E-state index is 8.92. The first-order chi connectivity index (χ1) is 24.9. The zero-order chi connectivity index (χ0) is 34.3. The molecule has 2 atom stereocenters. The molecule has 51 heavy (non-hydrogen) atoms. The van der Waals surface area contributed by atoms with Crippen LogP contribution in [0, 0.1) is 11.8 Å². The first-order valence-electron chi connectivity index (χ1n) is 19.1. The first-order valence-corrected chi connectivity index (χ1v) is 33.9. The van der Waals surface area contributed by atoms with Crippen LogP contribution in [0.25, 0.3) is 50.8 Å².